The molecule has 2 aliphatic rings. The van der Waals surface area contributed by atoms with Crippen molar-refractivity contribution < 1.29 is 29.5 Å². The van der Waals surface area contributed by atoms with E-state index < -0.39 is 10.8 Å². The van der Waals surface area contributed by atoms with Gasteiger partial charge in [0, 0.05) is 42.9 Å². The number of hydrogen-bond donors (Lipinski definition) is 3. The minimum absolute atomic E-state index is 0.0881. The standard InChI is InChI=1S/C28H28N4O7/c33-25-8-5-18(15-26(25)34)9-12-29-27(35)19-6-7-23(24(16-19)32(37)38)30-13-10-21(11-14-30)31-22-4-2-1-3-20(22)17-39-28(31)36/h1-8,15-16,21,33-34H,9-14,17H2,(H,29,35). The first-order valence-corrected chi connectivity index (χ1v) is 12.7. The molecule has 0 saturated carbocycles. The number of benzene rings is 3. The van der Waals surface area contributed by atoms with E-state index in [2.05, 4.69) is 5.32 Å². The number of rotatable bonds is 7. The predicted molar refractivity (Wildman–Crippen MR) is 143 cm³/mol. The molecule has 11 heteroatoms. The van der Waals surface area contributed by atoms with Gasteiger partial charge < -0.3 is 25.2 Å². The van der Waals surface area contributed by atoms with Gasteiger partial charge >= 0.3 is 6.09 Å². The molecule has 2 heterocycles. The Hall–Kier alpha value is -4.80. The lowest BCUT2D eigenvalue weighted by Crippen LogP contribution is -2.49. The molecule has 39 heavy (non-hydrogen) atoms. The molecule has 0 unspecified atom stereocenters. The molecular weight excluding hydrogens is 504 g/mol. The van der Waals surface area contributed by atoms with Gasteiger partial charge in [0.15, 0.2) is 11.5 Å². The van der Waals surface area contributed by atoms with E-state index in [0.717, 1.165) is 16.8 Å². The molecule has 2 aliphatic heterocycles. The van der Waals surface area contributed by atoms with Crippen LogP contribution in [-0.4, -0.2) is 52.8 Å². The van der Waals surface area contributed by atoms with Crippen LogP contribution in [0.25, 0.3) is 0 Å². The number of carbonyl (C=O) groups is 2. The van der Waals surface area contributed by atoms with Gasteiger partial charge in [0.1, 0.15) is 12.3 Å². The topological polar surface area (TPSA) is 145 Å². The summed E-state index contributed by atoms with van der Waals surface area (Å²) in [5.41, 5.74) is 2.95. The van der Waals surface area contributed by atoms with Gasteiger partial charge in [0.2, 0.25) is 0 Å². The minimum Gasteiger partial charge on any atom is -0.504 e. The number of anilines is 2. The van der Waals surface area contributed by atoms with Gasteiger partial charge in [-0.3, -0.25) is 19.8 Å². The van der Waals surface area contributed by atoms with Crippen LogP contribution in [-0.2, 0) is 17.8 Å². The number of piperidine rings is 1. The molecule has 0 bridgehead atoms. The van der Waals surface area contributed by atoms with E-state index in [1.807, 2.05) is 29.2 Å². The van der Waals surface area contributed by atoms with E-state index in [1.165, 1.54) is 18.2 Å². The molecule has 202 valence electrons. The number of para-hydroxylation sites is 1. The van der Waals surface area contributed by atoms with E-state index >= 15 is 0 Å². The van der Waals surface area contributed by atoms with E-state index in [1.54, 1.807) is 23.1 Å². The lowest BCUT2D eigenvalue weighted by Gasteiger charge is -2.40. The third kappa shape index (κ3) is 5.42. The summed E-state index contributed by atoms with van der Waals surface area (Å²) in [7, 11) is 0. The van der Waals surface area contributed by atoms with Crippen LogP contribution in [0.2, 0.25) is 0 Å². The van der Waals surface area contributed by atoms with E-state index in [0.29, 0.717) is 38.0 Å². The molecule has 0 spiro atoms. The van der Waals surface area contributed by atoms with Gasteiger partial charge in [0.05, 0.1) is 10.6 Å². The van der Waals surface area contributed by atoms with Crippen molar-refractivity contribution in [1.82, 2.24) is 5.32 Å². The van der Waals surface area contributed by atoms with Gasteiger partial charge in [-0.1, -0.05) is 24.3 Å². The Labute approximate surface area is 224 Å². The average Bonchev–Trinajstić information content (AvgIpc) is 2.94. The second kappa shape index (κ2) is 10.9. The number of nitro groups is 1. The molecule has 1 saturated heterocycles. The van der Waals surface area contributed by atoms with Crippen molar-refractivity contribution >= 4 is 29.1 Å². The fourth-order valence-corrected chi connectivity index (χ4v) is 5.11. The fraction of sp³-hybridized carbons (Fsp3) is 0.286. The van der Waals surface area contributed by atoms with Crippen LogP contribution in [0.5, 0.6) is 11.5 Å². The second-order valence-corrected chi connectivity index (χ2v) is 9.56. The Morgan fingerprint density at radius 1 is 1.03 bits per heavy atom. The summed E-state index contributed by atoms with van der Waals surface area (Å²) in [6.07, 6.45) is 1.24. The highest BCUT2D eigenvalue weighted by atomic mass is 16.6. The van der Waals surface area contributed by atoms with Crippen LogP contribution in [0.3, 0.4) is 0 Å². The number of nitrogens with zero attached hydrogens (tertiary/aromatic N) is 3. The van der Waals surface area contributed by atoms with Crippen molar-refractivity contribution in [1.29, 1.82) is 0 Å². The quantitative estimate of drug-likeness (QED) is 0.234. The van der Waals surface area contributed by atoms with E-state index in [9.17, 15) is 29.9 Å². The lowest BCUT2D eigenvalue weighted by atomic mass is 9.99. The summed E-state index contributed by atoms with van der Waals surface area (Å²) in [6.45, 7) is 1.50. The summed E-state index contributed by atoms with van der Waals surface area (Å²) in [4.78, 5) is 40.3. The molecule has 0 aliphatic carbocycles. The molecule has 1 fully saturated rings. The number of phenolic OH excluding ortho intramolecular Hbond substituents is 2. The molecule has 0 aromatic heterocycles. The normalized spacial score (nSPS) is 15.4. The maximum atomic E-state index is 12.7. The minimum atomic E-state index is -0.490. The predicted octanol–water partition coefficient (Wildman–Crippen LogP) is 4.10. The van der Waals surface area contributed by atoms with Crippen LogP contribution in [0.15, 0.2) is 60.7 Å². The molecule has 5 rings (SSSR count). The van der Waals surface area contributed by atoms with Gasteiger partial charge in [-0.25, -0.2) is 4.79 Å². The number of aromatic hydroxyl groups is 2. The average molecular weight is 533 g/mol. The third-order valence-corrected chi connectivity index (χ3v) is 7.14. The highest BCUT2D eigenvalue weighted by Crippen LogP contribution is 2.35. The number of hydrogen-bond acceptors (Lipinski definition) is 8. The van der Waals surface area contributed by atoms with Gasteiger partial charge in [-0.05, 0) is 55.2 Å². The molecule has 0 atom stereocenters. The van der Waals surface area contributed by atoms with Crippen LogP contribution in [0, 0.1) is 10.1 Å². The first-order chi connectivity index (χ1) is 18.8. The Bertz CT molecular complexity index is 1420. The molecular formula is C28H28N4O7. The maximum absolute atomic E-state index is 12.7. The number of ether oxygens (including phenoxy) is 1. The molecule has 3 aromatic rings. The summed E-state index contributed by atoms with van der Waals surface area (Å²) < 4.78 is 5.36. The summed E-state index contributed by atoms with van der Waals surface area (Å²) in [6, 6.07) is 16.4. The summed E-state index contributed by atoms with van der Waals surface area (Å²) in [5.74, 6) is -0.915. The summed E-state index contributed by atoms with van der Waals surface area (Å²) >= 11 is 0. The molecule has 11 nitrogen and oxygen atoms in total. The first kappa shape index (κ1) is 25.8. The Morgan fingerprint density at radius 3 is 2.54 bits per heavy atom. The van der Waals surface area contributed by atoms with Gasteiger partial charge in [0.25, 0.3) is 11.6 Å². The van der Waals surface area contributed by atoms with Crippen molar-refractivity contribution in [2.24, 2.45) is 0 Å². The first-order valence-electron chi connectivity index (χ1n) is 12.7. The Balaban J connectivity index is 1.24. The highest BCUT2D eigenvalue weighted by Gasteiger charge is 2.35. The number of carbonyl (C=O) groups excluding carboxylic acids is 2. The van der Waals surface area contributed by atoms with E-state index in [-0.39, 0.29) is 48.0 Å². The zero-order chi connectivity index (χ0) is 27.5. The van der Waals surface area contributed by atoms with Crippen LogP contribution in [0.1, 0.15) is 34.3 Å². The van der Waals surface area contributed by atoms with Crippen molar-refractivity contribution in [2.45, 2.75) is 31.9 Å². The zero-order valence-electron chi connectivity index (χ0n) is 21.1. The van der Waals surface area contributed by atoms with E-state index in [4.69, 9.17) is 4.74 Å². The van der Waals surface area contributed by atoms with Crippen molar-refractivity contribution in [3.8, 4) is 11.5 Å². The number of phenols is 2. The Kier molecular flexibility index (Phi) is 7.22. The van der Waals surface area contributed by atoms with Gasteiger partial charge in [-0.15, -0.1) is 0 Å². The van der Waals surface area contributed by atoms with Crippen molar-refractivity contribution in [3.05, 3.63) is 87.5 Å². The second-order valence-electron chi connectivity index (χ2n) is 9.56. The van der Waals surface area contributed by atoms with Crippen molar-refractivity contribution in [3.63, 3.8) is 0 Å². The van der Waals surface area contributed by atoms with Crippen LogP contribution < -0.4 is 15.1 Å². The largest absolute Gasteiger partial charge is 0.504 e. The number of nitro benzene ring substituents is 1. The van der Waals surface area contributed by atoms with Crippen LogP contribution in [0.4, 0.5) is 21.9 Å². The highest BCUT2D eigenvalue weighted by molar-refractivity contribution is 5.96. The van der Waals surface area contributed by atoms with Crippen LogP contribution >= 0.6 is 0 Å². The molecule has 0 radical (unpaired) electrons. The monoisotopic (exact) mass is 532 g/mol. The number of amides is 2. The maximum Gasteiger partial charge on any atom is 0.414 e. The smallest absolute Gasteiger partial charge is 0.414 e. The third-order valence-electron chi connectivity index (χ3n) is 7.14. The van der Waals surface area contributed by atoms with Crippen molar-refractivity contribution in [2.75, 3.05) is 29.4 Å². The fourth-order valence-electron chi connectivity index (χ4n) is 5.11. The lowest BCUT2D eigenvalue weighted by molar-refractivity contribution is -0.384. The molecule has 2 amide bonds. The number of fused-ring (bicyclic) bond motifs is 1. The Morgan fingerprint density at radius 2 is 1.79 bits per heavy atom. The summed E-state index contributed by atoms with van der Waals surface area (Å²) in [5, 5.41) is 33.7. The zero-order valence-corrected chi connectivity index (χ0v) is 21.1. The number of nitrogens with one attached hydrogen (secondary N) is 1. The number of cyclic esters (lactones) is 1. The SMILES string of the molecule is O=C(NCCc1ccc(O)c(O)c1)c1ccc(N2CCC(N3C(=O)OCc4ccccc43)CC2)c([N+](=O)[O-])c1. The van der Waals surface area contributed by atoms with Gasteiger partial charge in [-0.2, -0.15) is 0 Å². The molecule has 3 aromatic carbocycles. The molecule has 3 N–H and O–H groups in total.